The first kappa shape index (κ1) is 19.4. The highest BCUT2D eigenvalue weighted by molar-refractivity contribution is 7.93. The molecule has 0 aromatic heterocycles. The van der Waals surface area contributed by atoms with Gasteiger partial charge in [-0.25, -0.2) is 13.0 Å². The van der Waals surface area contributed by atoms with Crippen molar-refractivity contribution in [3.05, 3.63) is 64.4 Å². The fourth-order valence-electron chi connectivity index (χ4n) is 2.03. The summed E-state index contributed by atoms with van der Waals surface area (Å²) < 4.78 is 30.1. The van der Waals surface area contributed by atoms with Gasteiger partial charge in [-0.2, -0.15) is 0 Å². The van der Waals surface area contributed by atoms with Crippen molar-refractivity contribution in [2.45, 2.75) is 18.0 Å². The Morgan fingerprint density at radius 1 is 1.28 bits per heavy atom. The summed E-state index contributed by atoms with van der Waals surface area (Å²) in [4.78, 5) is 12.4. The van der Waals surface area contributed by atoms with Crippen molar-refractivity contribution in [2.75, 3.05) is 12.8 Å². The van der Waals surface area contributed by atoms with Crippen LogP contribution in [0.15, 0.2) is 51.7 Å². The Kier molecular flexibility index (Phi) is 6.52. The molecule has 0 saturated heterocycles. The summed E-state index contributed by atoms with van der Waals surface area (Å²) in [5.74, 6) is -0.951. The zero-order valence-electron chi connectivity index (χ0n) is 13.5. The maximum atomic E-state index is 13.6. The van der Waals surface area contributed by atoms with Crippen LogP contribution in [-0.2, 0) is 27.7 Å². The van der Waals surface area contributed by atoms with Crippen LogP contribution in [0.2, 0.25) is 5.02 Å². The van der Waals surface area contributed by atoms with Gasteiger partial charge in [0.05, 0.1) is 16.3 Å². The molecule has 0 spiro atoms. The van der Waals surface area contributed by atoms with Crippen LogP contribution in [0.1, 0.15) is 11.1 Å². The molecule has 0 bridgehead atoms. The summed E-state index contributed by atoms with van der Waals surface area (Å²) in [7, 11) is -2.70. The van der Waals surface area contributed by atoms with Crippen molar-refractivity contribution < 1.29 is 18.5 Å². The normalized spacial score (nSPS) is 13.1. The van der Waals surface area contributed by atoms with Gasteiger partial charge in [-0.15, -0.1) is 0 Å². The largest absolute Gasteiger partial charge is 0.392 e. The highest BCUT2D eigenvalue weighted by Gasteiger charge is 2.08. The maximum absolute atomic E-state index is 13.6. The number of amides is 1. The molecule has 0 heterocycles. The van der Waals surface area contributed by atoms with Gasteiger partial charge in [-0.1, -0.05) is 23.7 Å². The number of rotatable bonds is 6. The minimum Gasteiger partial charge on any atom is -0.392 e. The van der Waals surface area contributed by atoms with Crippen LogP contribution in [0.3, 0.4) is 0 Å². The summed E-state index contributed by atoms with van der Waals surface area (Å²) in [6.07, 6.45) is 1.45. The first-order chi connectivity index (χ1) is 11.8. The number of halogens is 2. The summed E-state index contributed by atoms with van der Waals surface area (Å²) in [5.41, 5.74) is 0.747. The average Bonchev–Trinajstić information content (AvgIpc) is 2.59. The van der Waals surface area contributed by atoms with E-state index in [1.807, 2.05) is 0 Å². The van der Waals surface area contributed by atoms with Crippen molar-refractivity contribution in [1.29, 1.82) is 0 Å². The lowest BCUT2D eigenvalue weighted by atomic mass is 10.1. The lowest BCUT2D eigenvalue weighted by Gasteiger charge is -2.07. The molecule has 0 radical (unpaired) electrons. The topological polar surface area (TPSA) is 78.8 Å². The summed E-state index contributed by atoms with van der Waals surface area (Å²) >= 11 is 5.79. The van der Waals surface area contributed by atoms with Gasteiger partial charge in [0, 0.05) is 28.3 Å². The molecule has 25 heavy (non-hydrogen) atoms. The molecule has 0 aliphatic heterocycles. The van der Waals surface area contributed by atoms with Gasteiger partial charge >= 0.3 is 0 Å². The van der Waals surface area contributed by atoms with E-state index in [1.165, 1.54) is 18.4 Å². The highest BCUT2D eigenvalue weighted by atomic mass is 35.5. The van der Waals surface area contributed by atoms with Crippen LogP contribution >= 0.6 is 11.6 Å². The number of hydrogen-bond donors (Lipinski definition) is 2. The smallest absolute Gasteiger partial charge is 0.242 e. The number of aliphatic hydroxyl groups excluding tert-OH is 1. The van der Waals surface area contributed by atoms with Crippen LogP contribution < -0.4 is 5.32 Å². The third-order valence-corrected chi connectivity index (χ3v) is 5.50. The zero-order chi connectivity index (χ0) is 18.4. The van der Waals surface area contributed by atoms with Crippen molar-refractivity contribution >= 4 is 27.2 Å². The number of carbonyl (C=O) groups excluding carboxylic acids is 1. The van der Waals surface area contributed by atoms with E-state index >= 15 is 0 Å². The molecule has 8 heteroatoms. The number of carbonyl (C=O) groups is 1. The van der Waals surface area contributed by atoms with E-state index in [0.29, 0.717) is 15.5 Å². The molecule has 0 saturated carbocycles. The Hall–Kier alpha value is -1.96. The van der Waals surface area contributed by atoms with E-state index in [2.05, 4.69) is 9.68 Å². The number of hydrogen-bond acceptors (Lipinski definition) is 4. The number of nitrogens with zero attached hydrogens (tertiary/aromatic N) is 1. The van der Waals surface area contributed by atoms with Crippen molar-refractivity contribution in [2.24, 2.45) is 4.36 Å². The lowest BCUT2D eigenvalue weighted by molar-refractivity contribution is -0.119. The van der Waals surface area contributed by atoms with Crippen molar-refractivity contribution in [3.63, 3.8) is 0 Å². The lowest BCUT2D eigenvalue weighted by Crippen LogP contribution is -2.25. The number of aliphatic hydroxyl groups is 1. The molecular weight excluding hydrogens is 367 g/mol. The predicted molar refractivity (Wildman–Crippen MR) is 95.2 cm³/mol. The van der Waals surface area contributed by atoms with E-state index in [-0.39, 0.29) is 25.3 Å². The molecular formula is C17H18ClFN2O3S. The highest BCUT2D eigenvalue weighted by Crippen LogP contribution is 2.15. The van der Waals surface area contributed by atoms with Crippen LogP contribution in [0.5, 0.6) is 0 Å². The standard InChI is InChI=1S/C17H18ClFN2O3S/c1-25(24,15-6-4-14(18)5-7-15)21-10-17(23)20-9-12-2-3-13(11-22)16(19)8-12/h2-8,22H,9-11H2,1H3,(H,20,23). The Morgan fingerprint density at radius 3 is 2.56 bits per heavy atom. The third kappa shape index (κ3) is 5.52. The number of nitrogens with one attached hydrogen (secondary N) is 1. The Labute approximate surface area is 151 Å². The van der Waals surface area contributed by atoms with Gasteiger partial charge < -0.3 is 10.4 Å². The zero-order valence-corrected chi connectivity index (χ0v) is 15.1. The van der Waals surface area contributed by atoms with Crippen LogP contribution in [0, 0.1) is 5.82 Å². The van der Waals surface area contributed by atoms with E-state index in [9.17, 15) is 13.4 Å². The van der Waals surface area contributed by atoms with E-state index in [4.69, 9.17) is 16.7 Å². The Bertz CT molecular complexity index is 878. The molecule has 1 unspecified atom stereocenters. The maximum Gasteiger partial charge on any atom is 0.242 e. The second-order valence-corrected chi connectivity index (χ2v) is 8.18. The van der Waals surface area contributed by atoms with E-state index in [1.54, 1.807) is 30.3 Å². The molecule has 1 atom stereocenters. The van der Waals surface area contributed by atoms with E-state index in [0.717, 1.165) is 0 Å². The van der Waals surface area contributed by atoms with Crippen LogP contribution in [-0.4, -0.2) is 28.0 Å². The fourth-order valence-corrected chi connectivity index (χ4v) is 3.31. The quantitative estimate of drug-likeness (QED) is 0.803. The second kappa shape index (κ2) is 8.42. The summed E-state index contributed by atoms with van der Waals surface area (Å²) in [5, 5.41) is 12.0. The Balaban J connectivity index is 1.97. The monoisotopic (exact) mass is 384 g/mol. The SMILES string of the molecule is CS(=O)(=NCC(=O)NCc1ccc(CO)c(F)c1)c1ccc(Cl)cc1. The van der Waals surface area contributed by atoms with Gasteiger partial charge in [0.1, 0.15) is 12.4 Å². The number of benzene rings is 2. The minimum atomic E-state index is -2.70. The van der Waals surface area contributed by atoms with Crippen molar-refractivity contribution in [3.8, 4) is 0 Å². The molecule has 0 aliphatic rings. The molecule has 2 aromatic rings. The van der Waals surface area contributed by atoms with E-state index < -0.39 is 21.5 Å². The molecule has 2 rings (SSSR count). The third-order valence-electron chi connectivity index (χ3n) is 3.48. The fraction of sp³-hybridized carbons (Fsp3) is 0.235. The second-order valence-electron chi connectivity index (χ2n) is 5.40. The molecule has 134 valence electrons. The minimum absolute atomic E-state index is 0.114. The average molecular weight is 385 g/mol. The first-order valence-corrected chi connectivity index (χ1v) is 9.70. The molecule has 1 amide bonds. The van der Waals surface area contributed by atoms with Gasteiger partial charge in [0.2, 0.25) is 5.91 Å². The predicted octanol–water partition coefficient (Wildman–Crippen LogP) is 2.74. The Morgan fingerprint density at radius 2 is 1.96 bits per heavy atom. The van der Waals surface area contributed by atoms with Crippen LogP contribution in [0.25, 0.3) is 0 Å². The van der Waals surface area contributed by atoms with Gasteiger partial charge in [0.25, 0.3) is 0 Å². The molecule has 2 aromatic carbocycles. The molecule has 0 aliphatic carbocycles. The molecule has 0 fully saturated rings. The summed E-state index contributed by atoms with van der Waals surface area (Å²) in [6, 6.07) is 10.8. The van der Waals surface area contributed by atoms with Gasteiger partial charge in [-0.3, -0.25) is 4.79 Å². The molecule has 5 nitrogen and oxygen atoms in total. The van der Waals surface area contributed by atoms with Crippen molar-refractivity contribution in [1.82, 2.24) is 5.32 Å². The summed E-state index contributed by atoms with van der Waals surface area (Å²) in [6.45, 7) is -0.537. The molecule has 2 N–H and O–H groups in total. The van der Waals surface area contributed by atoms with Gasteiger partial charge in [0.15, 0.2) is 0 Å². The van der Waals surface area contributed by atoms with Gasteiger partial charge in [-0.05, 0) is 35.9 Å². The van der Waals surface area contributed by atoms with Crippen LogP contribution in [0.4, 0.5) is 4.39 Å². The first-order valence-electron chi connectivity index (χ1n) is 7.40.